The van der Waals surface area contributed by atoms with Crippen molar-refractivity contribution in [2.75, 3.05) is 32.6 Å². The Morgan fingerprint density at radius 3 is 2.42 bits per heavy atom. The molecule has 0 radical (unpaired) electrons. The number of carbonyl (C=O) groups excluding carboxylic acids is 2. The van der Waals surface area contributed by atoms with Crippen molar-refractivity contribution >= 4 is 28.8 Å². The van der Waals surface area contributed by atoms with E-state index in [0.717, 1.165) is 24.9 Å². The number of carbonyl (C=O) groups is 2. The van der Waals surface area contributed by atoms with Crippen LogP contribution >= 0.6 is 11.3 Å². The van der Waals surface area contributed by atoms with Gasteiger partial charge in [-0.1, -0.05) is 12.1 Å². The van der Waals surface area contributed by atoms with Crippen molar-refractivity contribution in [3.63, 3.8) is 0 Å². The topological polar surface area (TPSA) is 67.9 Å². The van der Waals surface area contributed by atoms with E-state index in [1.165, 1.54) is 42.4 Å². The van der Waals surface area contributed by atoms with Gasteiger partial charge in [0.1, 0.15) is 5.75 Å². The van der Waals surface area contributed by atoms with Crippen LogP contribution in [0.5, 0.6) is 11.5 Å². The molecule has 8 heteroatoms. The first-order chi connectivity index (χ1) is 17.4. The van der Waals surface area contributed by atoms with Gasteiger partial charge in [0.15, 0.2) is 11.6 Å². The van der Waals surface area contributed by atoms with Gasteiger partial charge < -0.3 is 19.7 Å². The highest BCUT2D eigenvalue weighted by Gasteiger charge is 2.28. The second kappa shape index (κ2) is 11.6. The molecule has 1 aliphatic rings. The zero-order valence-electron chi connectivity index (χ0n) is 20.8. The van der Waals surface area contributed by atoms with Gasteiger partial charge in [-0.2, -0.15) is 0 Å². The van der Waals surface area contributed by atoms with E-state index >= 15 is 0 Å². The van der Waals surface area contributed by atoms with Crippen LogP contribution in [-0.4, -0.2) is 44.0 Å². The van der Waals surface area contributed by atoms with Gasteiger partial charge in [0.25, 0.3) is 5.91 Å². The van der Waals surface area contributed by atoms with E-state index in [0.29, 0.717) is 31.2 Å². The van der Waals surface area contributed by atoms with E-state index < -0.39 is 5.82 Å². The minimum absolute atomic E-state index is 0.00188. The first-order valence-electron chi connectivity index (χ1n) is 12.0. The number of anilines is 1. The van der Waals surface area contributed by atoms with Gasteiger partial charge in [-0.3, -0.25) is 9.59 Å². The number of nitrogens with one attached hydrogen (secondary N) is 1. The normalized spacial score (nSPS) is 13.9. The second-order valence-corrected chi connectivity index (χ2v) is 10.0. The molecule has 0 unspecified atom stereocenters. The number of aryl methyl sites for hydroxylation is 2. The standard InChI is InChI=1S/C28H31FN2O4S/c1-18-14-23(36-17-18)8-9-26(32)30-21-6-4-19(5-7-21)20-10-12-31(13-11-20)28(33)24-15-22(34-2)16-25(35-3)27(24)29/h4-7,14-17,20H,8-13H2,1-3H3,(H,30,32). The number of amides is 2. The number of hydrogen-bond acceptors (Lipinski definition) is 5. The van der Waals surface area contributed by atoms with E-state index in [9.17, 15) is 14.0 Å². The Labute approximate surface area is 215 Å². The number of benzene rings is 2. The Balaban J connectivity index is 1.31. The van der Waals surface area contributed by atoms with Gasteiger partial charge in [0, 0.05) is 36.1 Å². The number of nitrogens with zero attached hydrogens (tertiary/aromatic N) is 1. The fourth-order valence-electron chi connectivity index (χ4n) is 4.50. The summed E-state index contributed by atoms with van der Waals surface area (Å²) in [7, 11) is 2.83. The summed E-state index contributed by atoms with van der Waals surface area (Å²) >= 11 is 1.69. The van der Waals surface area contributed by atoms with Crippen LogP contribution in [0.3, 0.4) is 0 Å². The molecule has 0 atom stereocenters. The van der Waals surface area contributed by atoms with Crippen molar-refractivity contribution in [3.8, 4) is 11.5 Å². The molecule has 0 spiro atoms. The summed E-state index contributed by atoms with van der Waals surface area (Å²) in [5.41, 5.74) is 3.14. The number of piperidine rings is 1. The molecule has 2 amide bonds. The van der Waals surface area contributed by atoms with E-state index in [4.69, 9.17) is 9.47 Å². The molecule has 3 aromatic rings. The molecule has 1 aliphatic heterocycles. The largest absolute Gasteiger partial charge is 0.497 e. The van der Waals surface area contributed by atoms with E-state index in [2.05, 4.69) is 23.7 Å². The van der Waals surface area contributed by atoms with Gasteiger partial charge in [0.05, 0.1) is 19.8 Å². The van der Waals surface area contributed by atoms with Crippen molar-refractivity contribution in [2.45, 2.75) is 38.5 Å². The quantitative estimate of drug-likeness (QED) is 0.416. The lowest BCUT2D eigenvalue weighted by atomic mass is 9.89. The summed E-state index contributed by atoms with van der Waals surface area (Å²) in [5.74, 6) is -0.373. The molecule has 190 valence electrons. The Bertz CT molecular complexity index is 1220. The maximum Gasteiger partial charge on any atom is 0.257 e. The van der Waals surface area contributed by atoms with E-state index in [-0.39, 0.29) is 23.1 Å². The molecule has 0 bridgehead atoms. The molecule has 1 saturated heterocycles. The fourth-order valence-corrected chi connectivity index (χ4v) is 5.38. The fraction of sp³-hybridized carbons (Fsp3) is 0.357. The third-order valence-corrected chi connectivity index (χ3v) is 7.64. The molecule has 1 fully saturated rings. The molecule has 36 heavy (non-hydrogen) atoms. The molecule has 0 saturated carbocycles. The van der Waals surface area contributed by atoms with Gasteiger partial charge in [-0.05, 0) is 72.9 Å². The Kier molecular flexibility index (Phi) is 8.25. The molecule has 6 nitrogen and oxygen atoms in total. The molecule has 0 aliphatic carbocycles. The summed E-state index contributed by atoms with van der Waals surface area (Å²) in [4.78, 5) is 28.2. The van der Waals surface area contributed by atoms with Crippen LogP contribution in [0.25, 0.3) is 0 Å². The molecule has 1 N–H and O–H groups in total. The van der Waals surface area contributed by atoms with Gasteiger partial charge in [-0.15, -0.1) is 11.3 Å². The molecule has 2 heterocycles. The number of halogens is 1. The third kappa shape index (κ3) is 6.05. The molecule has 1 aromatic heterocycles. The zero-order valence-corrected chi connectivity index (χ0v) is 21.6. The summed E-state index contributed by atoms with van der Waals surface area (Å²) in [6.07, 6.45) is 2.75. The lowest BCUT2D eigenvalue weighted by Crippen LogP contribution is -2.38. The van der Waals surface area contributed by atoms with Crippen LogP contribution < -0.4 is 14.8 Å². The van der Waals surface area contributed by atoms with Gasteiger partial charge in [-0.25, -0.2) is 4.39 Å². The monoisotopic (exact) mass is 510 g/mol. The number of likely N-dealkylation sites (tertiary alicyclic amines) is 1. The van der Waals surface area contributed by atoms with Crippen molar-refractivity contribution < 1.29 is 23.5 Å². The van der Waals surface area contributed by atoms with Crippen molar-refractivity contribution in [1.29, 1.82) is 0 Å². The minimum atomic E-state index is -0.673. The molecule has 2 aromatic carbocycles. The van der Waals surface area contributed by atoms with Crippen molar-refractivity contribution in [3.05, 3.63) is 75.2 Å². The highest BCUT2D eigenvalue weighted by molar-refractivity contribution is 7.10. The maximum atomic E-state index is 14.7. The number of methoxy groups -OCH3 is 2. The van der Waals surface area contributed by atoms with Crippen LogP contribution in [0, 0.1) is 12.7 Å². The predicted octanol–water partition coefficient (Wildman–Crippen LogP) is 5.80. The summed E-state index contributed by atoms with van der Waals surface area (Å²) < 4.78 is 25.0. The van der Waals surface area contributed by atoms with Gasteiger partial charge in [0.2, 0.25) is 5.91 Å². The highest BCUT2D eigenvalue weighted by atomic mass is 32.1. The molecular formula is C28H31FN2O4S. The zero-order chi connectivity index (χ0) is 25.7. The van der Waals surface area contributed by atoms with Crippen LogP contribution in [0.15, 0.2) is 47.8 Å². The Morgan fingerprint density at radius 2 is 1.81 bits per heavy atom. The summed E-state index contributed by atoms with van der Waals surface area (Å²) in [5, 5.41) is 5.07. The SMILES string of the molecule is COc1cc(OC)c(F)c(C(=O)N2CCC(c3ccc(NC(=O)CCc4cc(C)cs4)cc3)CC2)c1. The van der Waals surface area contributed by atoms with Crippen LogP contribution in [0.1, 0.15) is 51.5 Å². The maximum absolute atomic E-state index is 14.7. The first-order valence-corrected chi connectivity index (χ1v) is 12.9. The van der Waals surface area contributed by atoms with E-state index in [1.54, 1.807) is 16.2 Å². The first kappa shape index (κ1) is 25.7. The summed E-state index contributed by atoms with van der Waals surface area (Å²) in [6.45, 7) is 3.12. The van der Waals surface area contributed by atoms with Crippen molar-refractivity contribution in [1.82, 2.24) is 4.90 Å². The minimum Gasteiger partial charge on any atom is -0.497 e. The number of rotatable bonds is 8. The molecule has 4 rings (SSSR count). The number of thiophene rings is 1. The summed E-state index contributed by atoms with van der Waals surface area (Å²) in [6, 6.07) is 12.9. The lowest BCUT2D eigenvalue weighted by molar-refractivity contribution is -0.116. The van der Waals surface area contributed by atoms with Crippen molar-refractivity contribution in [2.24, 2.45) is 0 Å². The third-order valence-electron chi connectivity index (χ3n) is 6.53. The smallest absolute Gasteiger partial charge is 0.257 e. The highest BCUT2D eigenvalue weighted by Crippen LogP contribution is 2.32. The van der Waals surface area contributed by atoms with Crippen LogP contribution in [-0.2, 0) is 11.2 Å². The Hall–Kier alpha value is -3.39. The van der Waals surface area contributed by atoms with E-state index in [1.807, 2.05) is 24.3 Å². The predicted molar refractivity (Wildman–Crippen MR) is 140 cm³/mol. The average molecular weight is 511 g/mol. The van der Waals surface area contributed by atoms with Gasteiger partial charge >= 0.3 is 0 Å². The number of hydrogen-bond donors (Lipinski definition) is 1. The number of ether oxygens (including phenoxy) is 2. The second-order valence-electron chi connectivity index (χ2n) is 9.02. The average Bonchev–Trinajstić information content (AvgIpc) is 3.33. The molecular weight excluding hydrogens is 479 g/mol. The van der Waals surface area contributed by atoms with Crippen LogP contribution in [0.2, 0.25) is 0 Å². The van der Waals surface area contributed by atoms with Crippen LogP contribution in [0.4, 0.5) is 10.1 Å². The lowest BCUT2D eigenvalue weighted by Gasteiger charge is -2.32. The Morgan fingerprint density at radius 1 is 1.08 bits per heavy atom.